The molecule has 0 aliphatic carbocycles. The number of rotatable bonds is 4. The van der Waals surface area contributed by atoms with Gasteiger partial charge in [-0.3, -0.25) is 19.7 Å². The van der Waals surface area contributed by atoms with Gasteiger partial charge in [0, 0.05) is 6.07 Å². The van der Waals surface area contributed by atoms with Crippen molar-refractivity contribution in [2.24, 2.45) is 0 Å². The minimum Gasteiger partial charge on any atom is -0.423 e. The van der Waals surface area contributed by atoms with Crippen LogP contribution in [0.1, 0.15) is 31.1 Å². The molecule has 4 rings (SSSR count). The van der Waals surface area contributed by atoms with E-state index < -0.39 is 28.4 Å². The number of carbonyl (C=O) groups is 3. The van der Waals surface area contributed by atoms with Crippen LogP contribution in [0, 0.1) is 10.1 Å². The molecule has 0 aromatic heterocycles. The van der Waals surface area contributed by atoms with Gasteiger partial charge in [-0.2, -0.15) is 0 Å². The quantitative estimate of drug-likeness (QED) is 0.222. The van der Waals surface area contributed by atoms with Crippen molar-refractivity contribution in [3.8, 4) is 5.75 Å². The summed E-state index contributed by atoms with van der Waals surface area (Å²) in [5.74, 6) is -1.65. The lowest BCUT2D eigenvalue weighted by Gasteiger charge is -2.14. The maximum absolute atomic E-state index is 12.7. The lowest BCUT2D eigenvalue weighted by atomic mass is 10.1. The molecule has 0 unspecified atom stereocenters. The zero-order chi connectivity index (χ0) is 20.5. The van der Waals surface area contributed by atoms with Gasteiger partial charge in [0.05, 0.1) is 21.7 Å². The molecule has 8 nitrogen and oxygen atoms in total. The number of hydrogen-bond donors (Lipinski definition) is 0. The fourth-order valence-corrected chi connectivity index (χ4v) is 3.06. The molecule has 3 aromatic carbocycles. The van der Waals surface area contributed by atoms with Crippen LogP contribution in [0.25, 0.3) is 0 Å². The second kappa shape index (κ2) is 7.01. The molecule has 1 aliphatic heterocycles. The van der Waals surface area contributed by atoms with Crippen molar-refractivity contribution in [1.29, 1.82) is 0 Å². The van der Waals surface area contributed by atoms with Crippen LogP contribution in [0.3, 0.4) is 0 Å². The van der Waals surface area contributed by atoms with E-state index in [1.165, 1.54) is 42.5 Å². The summed E-state index contributed by atoms with van der Waals surface area (Å²) in [6, 6.07) is 18.1. The number of nitro groups is 1. The first-order valence-corrected chi connectivity index (χ1v) is 8.51. The maximum Gasteiger partial charge on any atom is 0.343 e. The summed E-state index contributed by atoms with van der Waals surface area (Å²) < 4.78 is 5.24. The average Bonchev–Trinajstić information content (AvgIpc) is 2.99. The third-order valence-electron chi connectivity index (χ3n) is 4.40. The van der Waals surface area contributed by atoms with E-state index >= 15 is 0 Å². The Hall–Kier alpha value is -4.33. The first kappa shape index (κ1) is 18.1. The van der Waals surface area contributed by atoms with Crippen molar-refractivity contribution >= 4 is 29.2 Å². The highest BCUT2D eigenvalue weighted by Crippen LogP contribution is 2.33. The van der Waals surface area contributed by atoms with Crippen LogP contribution in [-0.2, 0) is 0 Å². The number of ether oxygens (including phenoxy) is 1. The Morgan fingerprint density at radius 2 is 1.55 bits per heavy atom. The molecule has 29 heavy (non-hydrogen) atoms. The van der Waals surface area contributed by atoms with Gasteiger partial charge in [-0.1, -0.05) is 24.3 Å². The molecule has 0 saturated carbocycles. The Bertz CT molecular complexity index is 1160. The summed E-state index contributed by atoms with van der Waals surface area (Å²) in [5.41, 5.74) is -0.278. The summed E-state index contributed by atoms with van der Waals surface area (Å²) in [5, 5.41) is 11.2. The van der Waals surface area contributed by atoms with Crippen molar-refractivity contribution in [2.45, 2.75) is 0 Å². The van der Waals surface area contributed by atoms with Gasteiger partial charge >= 0.3 is 5.97 Å². The topological polar surface area (TPSA) is 107 Å². The molecule has 0 fully saturated rings. The fraction of sp³-hybridized carbons (Fsp3) is 0. The summed E-state index contributed by atoms with van der Waals surface area (Å²) in [7, 11) is 0. The number of nitrogens with zero attached hydrogens (tertiary/aromatic N) is 2. The molecule has 0 saturated heterocycles. The zero-order valence-corrected chi connectivity index (χ0v) is 14.8. The molecular weight excluding hydrogens is 376 g/mol. The third-order valence-corrected chi connectivity index (χ3v) is 4.40. The number of nitro benzene ring substituents is 1. The standard InChI is InChI=1S/C21H12N2O6/c24-19-16-7-4-8-17(23(27)28)18(16)20(25)22(19)14-11-9-13(10-12-14)21(26)29-15-5-2-1-3-6-15/h1-12H. The normalized spacial score (nSPS) is 12.6. The van der Waals surface area contributed by atoms with E-state index in [9.17, 15) is 24.5 Å². The second-order valence-electron chi connectivity index (χ2n) is 6.15. The van der Waals surface area contributed by atoms with Crippen LogP contribution in [0.5, 0.6) is 5.75 Å². The molecule has 3 aromatic rings. The van der Waals surface area contributed by atoms with Crippen molar-refractivity contribution in [2.75, 3.05) is 4.90 Å². The van der Waals surface area contributed by atoms with E-state index in [4.69, 9.17) is 4.74 Å². The first-order chi connectivity index (χ1) is 14.0. The molecule has 0 spiro atoms. The van der Waals surface area contributed by atoms with Crippen molar-refractivity contribution in [3.05, 3.63) is 99.6 Å². The van der Waals surface area contributed by atoms with Gasteiger partial charge in [0.1, 0.15) is 11.3 Å². The molecular formula is C21H12N2O6. The molecule has 2 amide bonds. The van der Waals surface area contributed by atoms with Crippen LogP contribution < -0.4 is 9.64 Å². The zero-order valence-electron chi connectivity index (χ0n) is 14.8. The van der Waals surface area contributed by atoms with E-state index in [2.05, 4.69) is 0 Å². The first-order valence-electron chi connectivity index (χ1n) is 8.51. The van der Waals surface area contributed by atoms with Gasteiger partial charge in [-0.15, -0.1) is 0 Å². The summed E-state index contributed by atoms with van der Waals surface area (Å²) in [4.78, 5) is 48.9. The Balaban J connectivity index is 1.61. The van der Waals surface area contributed by atoms with Crippen molar-refractivity contribution in [1.82, 2.24) is 0 Å². The second-order valence-corrected chi connectivity index (χ2v) is 6.15. The number of hydrogen-bond acceptors (Lipinski definition) is 6. The summed E-state index contributed by atoms with van der Waals surface area (Å²) >= 11 is 0. The predicted octanol–water partition coefficient (Wildman–Crippen LogP) is 3.61. The van der Waals surface area contributed by atoms with Crippen LogP contribution in [0.15, 0.2) is 72.8 Å². The Labute approximate surface area is 164 Å². The van der Waals surface area contributed by atoms with Crippen LogP contribution >= 0.6 is 0 Å². The van der Waals surface area contributed by atoms with Gasteiger partial charge in [0.15, 0.2) is 0 Å². The smallest absolute Gasteiger partial charge is 0.343 e. The Morgan fingerprint density at radius 3 is 2.21 bits per heavy atom. The highest BCUT2D eigenvalue weighted by molar-refractivity contribution is 6.35. The number of carbonyl (C=O) groups excluding carboxylic acids is 3. The molecule has 0 bridgehead atoms. The lowest BCUT2D eigenvalue weighted by molar-refractivity contribution is -0.385. The summed E-state index contributed by atoms with van der Waals surface area (Å²) in [6.07, 6.45) is 0. The molecule has 8 heteroatoms. The third kappa shape index (κ3) is 3.12. The minimum atomic E-state index is -0.781. The van der Waals surface area contributed by atoms with Gasteiger partial charge in [0.25, 0.3) is 17.5 Å². The van der Waals surface area contributed by atoms with Crippen LogP contribution in [-0.4, -0.2) is 22.7 Å². The average molecular weight is 388 g/mol. The Kier molecular flexibility index (Phi) is 4.36. The Morgan fingerprint density at radius 1 is 0.862 bits per heavy atom. The molecule has 0 N–H and O–H groups in total. The number of para-hydroxylation sites is 1. The van der Waals surface area contributed by atoms with Gasteiger partial charge in [-0.25, -0.2) is 9.69 Å². The molecule has 142 valence electrons. The SMILES string of the molecule is O=C(Oc1ccccc1)c1ccc(N2C(=O)c3cccc([N+](=O)[O-])c3C2=O)cc1. The van der Waals surface area contributed by atoms with E-state index in [1.54, 1.807) is 30.3 Å². The number of anilines is 1. The number of fused-ring (bicyclic) bond motifs is 1. The minimum absolute atomic E-state index is 0.0308. The van der Waals surface area contributed by atoms with Crippen molar-refractivity contribution in [3.63, 3.8) is 0 Å². The number of esters is 1. The summed E-state index contributed by atoms with van der Waals surface area (Å²) in [6.45, 7) is 0. The maximum atomic E-state index is 12.7. The van der Waals surface area contributed by atoms with E-state index in [0.717, 1.165) is 4.90 Å². The highest BCUT2D eigenvalue weighted by Gasteiger charge is 2.41. The van der Waals surface area contributed by atoms with E-state index in [-0.39, 0.29) is 22.4 Å². The van der Waals surface area contributed by atoms with Crippen LogP contribution in [0.4, 0.5) is 11.4 Å². The largest absolute Gasteiger partial charge is 0.423 e. The molecule has 1 heterocycles. The number of amides is 2. The molecule has 0 atom stereocenters. The number of imide groups is 1. The van der Waals surface area contributed by atoms with Gasteiger partial charge in [0.2, 0.25) is 0 Å². The lowest BCUT2D eigenvalue weighted by Crippen LogP contribution is -2.29. The fourth-order valence-electron chi connectivity index (χ4n) is 3.06. The van der Waals surface area contributed by atoms with E-state index in [0.29, 0.717) is 5.75 Å². The highest BCUT2D eigenvalue weighted by atomic mass is 16.6. The molecule has 1 aliphatic rings. The van der Waals surface area contributed by atoms with Crippen LogP contribution in [0.2, 0.25) is 0 Å². The van der Waals surface area contributed by atoms with Crippen molar-refractivity contribution < 1.29 is 24.0 Å². The predicted molar refractivity (Wildman–Crippen MR) is 102 cm³/mol. The number of benzene rings is 3. The van der Waals surface area contributed by atoms with E-state index in [1.807, 2.05) is 0 Å². The monoisotopic (exact) mass is 388 g/mol. The molecule has 0 radical (unpaired) electrons. The van der Waals surface area contributed by atoms with Gasteiger partial charge in [-0.05, 0) is 42.5 Å². The van der Waals surface area contributed by atoms with Gasteiger partial charge < -0.3 is 4.74 Å².